The van der Waals surface area contributed by atoms with Crippen LogP contribution in [-0.4, -0.2) is 18.3 Å². The number of hydrogen-bond acceptors (Lipinski definition) is 1. The molecule has 9 aromatic carbocycles. The fraction of sp³-hybridized carbons (Fsp3) is 0.125. The summed E-state index contributed by atoms with van der Waals surface area (Å²) in [6.07, 6.45) is 0. The van der Waals surface area contributed by atoms with Gasteiger partial charge >= 0.3 is 0 Å². The van der Waals surface area contributed by atoms with Crippen LogP contribution in [0.4, 0.5) is 5.69 Å². The lowest BCUT2D eigenvalue weighted by atomic mass is 10.0. The molecule has 0 fully saturated rings. The molecule has 0 unspecified atom stereocenters. The van der Waals surface area contributed by atoms with E-state index >= 15 is 0 Å². The summed E-state index contributed by atoms with van der Waals surface area (Å²) < 4.78 is 9.26. The highest BCUT2D eigenvalue weighted by Crippen LogP contribution is 2.52. The van der Waals surface area contributed by atoms with Crippen molar-refractivity contribution >= 4 is 92.9 Å². The molecule has 13 rings (SSSR count). The Morgan fingerprint density at radius 2 is 0.529 bits per heavy atom. The van der Waals surface area contributed by atoms with Gasteiger partial charge in [0.05, 0.1) is 79.0 Å². The smallest absolute Gasteiger partial charge is 0.237 e. The summed E-state index contributed by atoms with van der Waals surface area (Å²) in [6.45, 7) is 26.8. The molecule has 0 atom stereocenters. The zero-order valence-electron chi connectivity index (χ0n) is 40.5. The molecule has 0 aliphatic heterocycles. The quantitative estimate of drug-likeness (QED) is 0.162. The first-order valence-electron chi connectivity index (χ1n) is 24.0. The lowest BCUT2D eigenvalue weighted by Gasteiger charge is -2.27. The standard InChI is InChI=1S/C64H48N6/c1-35-10-18-52-43(26-35)44-27-36(2)11-19-53(44)67(52)61-51(34-65)62(68-54-20-12-37(3)28-45(54)46-29-38(4)13-21-55(46)68)64(70-58-24-16-41(7)32-49(58)50-33-42(8)17-25-59(50)70)63(60(61)66-9)69-56-22-14-39(5)30-47(56)48-31-40(6)15-23-57(48)69/h10-33H,1-8H3. The Morgan fingerprint density at radius 1 is 0.314 bits per heavy atom. The highest BCUT2D eigenvalue weighted by molar-refractivity contribution is 6.17. The molecule has 13 aromatic rings. The van der Waals surface area contributed by atoms with Crippen LogP contribution in [0.3, 0.4) is 0 Å². The molecule has 0 saturated heterocycles. The number of fused-ring (bicyclic) bond motifs is 12. The SMILES string of the molecule is [C-]#[N+]c1c(-n2c3ccc(C)cc3c3cc(C)ccc32)c(C#N)c(-n2c3ccc(C)cc3c3cc(C)ccc32)c(-n2c3ccc(C)cc3c3cc(C)ccc32)c1-n1c2ccc(C)cc2c2cc(C)ccc21. The molecule has 0 saturated carbocycles. The number of aromatic nitrogens is 4. The van der Waals surface area contributed by atoms with Crippen LogP contribution in [0.25, 0.3) is 115 Å². The molecule has 0 radical (unpaired) electrons. The predicted octanol–water partition coefficient (Wildman–Crippen LogP) is 17.0. The molecule has 0 aliphatic carbocycles. The van der Waals surface area contributed by atoms with Crippen LogP contribution >= 0.6 is 0 Å². The Balaban J connectivity index is 1.40. The van der Waals surface area contributed by atoms with Gasteiger partial charge in [-0.15, -0.1) is 0 Å². The molecular weight excluding hydrogens is 853 g/mol. The van der Waals surface area contributed by atoms with Gasteiger partial charge in [0.15, 0.2) is 0 Å². The maximum atomic E-state index is 12.4. The van der Waals surface area contributed by atoms with Crippen LogP contribution in [0, 0.1) is 73.3 Å². The third kappa shape index (κ3) is 5.71. The number of nitrogens with zero attached hydrogens (tertiary/aromatic N) is 6. The van der Waals surface area contributed by atoms with E-state index in [4.69, 9.17) is 4.85 Å². The van der Waals surface area contributed by atoms with E-state index in [9.17, 15) is 11.8 Å². The van der Waals surface area contributed by atoms with E-state index in [0.717, 1.165) is 137 Å². The number of aryl methyl sites for hydroxylation is 8. The van der Waals surface area contributed by atoms with Gasteiger partial charge in [0, 0.05) is 43.1 Å². The first-order chi connectivity index (χ1) is 33.9. The van der Waals surface area contributed by atoms with E-state index < -0.39 is 0 Å². The lowest BCUT2D eigenvalue weighted by molar-refractivity contribution is 1.03. The second-order valence-electron chi connectivity index (χ2n) is 19.8. The normalized spacial score (nSPS) is 12.0. The number of rotatable bonds is 4. The Kier molecular flexibility index (Phi) is 8.76. The van der Waals surface area contributed by atoms with Crippen molar-refractivity contribution in [3.8, 4) is 28.8 Å². The molecule has 0 spiro atoms. The van der Waals surface area contributed by atoms with Gasteiger partial charge in [0.25, 0.3) is 0 Å². The summed E-state index contributed by atoms with van der Waals surface area (Å²) in [5, 5.41) is 21.2. The average molecular weight is 901 g/mol. The van der Waals surface area contributed by atoms with E-state index in [1.807, 2.05) is 0 Å². The largest absolute Gasteiger partial charge is 0.318 e. The lowest BCUT2D eigenvalue weighted by Crippen LogP contribution is -2.14. The van der Waals surface area contributed by atoms with Gasteiger partial charge in [-0.3, -0.25) is 0 Å². The predicted molar refractivity (Wildman–Crippen MR) is 293 cm³/mol. The van der Waals surface area contributed by atoms with E-state index in [-0.39, 0.29) is 0 Å². The second kappa shape index (κ2) is 14.8. The number of nitriles is 1. The first kappa shape index (κ1) is 41.4. The Bertz CT molecular complexity index is 4180. The van der Waals surface area contributed by atoms with Crippen LogP contribution < -0.4 is 0 Å². The maximum absolute atomic E-state index is 12.4. The summed E-state index contributed by atoms with van der Waals surface area (Å²) in [6, 6.07) is 56.0. The van der Waals surface area contributed by atoms with Crippen molar-refractivity contribution in [2.75, 3.05) is 0 Å². The minimum absolute atomic E-state index is 0.386. The minimum Gasteiger partial charge on any atom is -0.318 e. The summed E-state index contributed by atoms with van der Waals surface area (Å²) >= 11 is 0. The summed E-state index contributed by atoms with van der Waals surface area (Å²) in [5.41, 5.74) is 20.5. The van der Waals surface area contributed by atoms with Crippen LogP contribution in [0.1, 0.15) is 50.1 Å². The van der Waals surface area contributed by atoms with Crippen LogP contribution in [0.5, 0.6) is 0 Å². The molecule has 4 aromatic heterocycles. The summed E-state index contributed by atoms with van der Waals surface area (Å²) in [4.78, 5) is 4.75. The number of hydrogen-bond donors (Lipinski definition) is 0. The molecule has 0 aliphatic rings. The molecule has 0 bridgehead atoms. The van der Waals surface area contributed by atoms with Crippen molar-refractivity contribution in [2.24, 2.45) is 0 Å². The van der Waals surface area contributed by atoms with Crippen molar-refractivity contribution in [1.82, 2.24) is 18.3 Å². The van der Waals surface area contributed by atoms with Crippen LogP contribution in [0.15, 0.2) is 146 Å². The minimum atomic E-state index is 0.386. The van der Waals surface area contributed by atoms with E-state index in [0.29, 0.717) is 28.3 Å². The van der Waals surface area contributed by atoms with Gasteiger partial charge in [0.2, 0.25) is 5.69 Å². The molecule has 70 heavy (non-hydrogen) atoms. The van der Waals surface area contributed by atoms with Gasteiger partial charge in [-0.1, -0.05) is 93.0 Å². The zero-order valence-corrected chi connectivity index (χ0v) is 40.5. The molecule has 0 N–H and O–H groups in total. The fourth-order valence-corrected chi connectivity index (χ4v) is 11.7. The van der Waals surface area contributed by atoms with Gasteiger partial charge in [-0.2, -0.15) is 5.26 Å². The monoisotopic (exact) mass is 900 g/mol. The molecule has 334 valence electrons. The zero-order chi connectivity index (χ0) is 48.0. The molecule has 6 heteroatoms. The third-order valence-electron chi connectivity index (χ3n) is 14.8. The van der Waals surface area contributed by atoms with Crippen molar-refractivity contribution in [1.29, 1.82) is 5.26 Å². The van der Waals surface area contributed by atoms with Crippen LogP contribution in [-0.2, 0) is 0 Å². The topological polar surface area (TPSA) is 47.9 Å². The van der Waals surface area contributed by atoms with Crippen molar-refractivity contribution in [3.05, 3.63) is 207 Å². The summed E-state index contributed by atoms with van der Waals surface area (Å²) in [5.74, 6) is 0. The van der Waals surface area contributed by atoms with Gasteiger partial charge in [0.1, 0.15) is 6.07 Å². The molecule has 6 nitrogen and oxygen atoms in total. The highest BCUT2D eigenvalue weighted by Gasteiger charge is 2.34. The van der Waals surface area contributed by atoms with Crippen molar-refractivity contribution < 1.29 is 0 Å². The van der Waals surface area contributed by atoms with E-state index in [1.165, 1.54) is 0 Å². The highest BCUT2D eigenvalue weighted by atomic mass is 15.1. The average Bonchev–Trinajstić information content (AvgIpc) is 4.03. The fourth-order valence-electron chi connectivity index (χ4n) is 11.7. The Labute approximate surface area is 405 Å². The third-order valence-corrected chi connectivity index (χ3v) is 14.8. The molecular formula is C64H48N6. The van der Waals surface area contributed by atoms with Crippen molar-refractivity contribution in [2.45, 2.75) is 55.4 Å². The second-order valence-corrected chi connectivity index (χ2v) is 19.8. The van der Waals surface area contributed by atoms with E-state index in [2.05, 4.69) is 225 Å². The van der Waals surface area contributed by atoms with Gasteiger partial charge < -0.3 is 18.3 Å². The van der Waals surface area contributed by atoms with Gasteiger partial charge in [-0.25, -0.2) is 4.85 Å². The molecule has 0 amide bonds. The molecule has 4 heterocycles. The Morgan fingerprint density at radius 3 is 0.757 bits per heavy atom. The van der Waals surface area contributed by atoms with Gasteiger partial charge in [-0.05, 0) is 152 Å². The first-order valence-corrected chi connectivity index (χ1v) is 24.0. The Hall–Kier alpha value is -8.84. The van der Waals surface area contributed by atoms with Crippen LogP contribution in [0.2, 0.25) is 0 Å². The van der Waals surface area contributed by atoms with Crippen molar-refractivity contribution in [3.63, 3.8) is 0 Å². The van der Waals surface area contributed by atoms with E-state index in [1.54, 1.807) is 0 Å². The summed E-state index contributed by atoms with van der Waals surface area (Å²) in [7, 11) is 0. The maximum Gasteiger partial charge on any atom is 0.237 e. The number of benzene rings is 9.